The molecule has 3 heterocycles. The van der Waals surface area contributed by atoms with E-state index in [1.165, 1.54) is 0 Å². The maximum absolute atomic E-state index is 7.22. The van der Waals surface area contributed by atoms with Crippen molar-refractivity contribution in [2.24, 2.45) is 0 Å². The lowest BCUT2D eigenvalue weighted by Gasteiger charge is -2.22. The summed E-state index contributed by atoms with van der Waals surface area (Å²) in [4.78, 5) is 8.18. The van der Waals surface area contributed by atoms with E-state index in [4.69, 9.17) is 21.6 Å². The SMILES string of the molecule is N=Cc1c(N)nc(Nc2cnn(C3CCOCC3)c2)nc1N. The second kappa shape index (κ2) is 5.98. The smallest absolute Gasteiger partial charge is 0.231 e. The number of ether oxygens (including phenoxy) is 1. The van der Waals surface area contributed by atoms with Crippen LogP contribution in [0.5, 0.6) is 0 Å². The van der Waals surface area contributed by atoms with Crippen molar-refractivity contribution in [3.8, 4) is 0 Å². The average Bonchev–Trinajstić information content (AvgIpc) is 2.96. The summed E-state index contributed by atoms with van der Waals surface area (Å²) in [5.74, 6) is 0.621. The van der Waals surface area contributed by atoms with Crippen LogP contribution in [-0.2, 0) is 4.74 Å². The standard InChI is InChI=1S/C13H18N8O/c14-5-10-11(15)19-13(20-12(10)16)18-8-6-17-21(7-8)9-1-3-22-4-2-9/h5-7,9,14H,1-4H2,(H5,15,16,18,19,20). The van der Waals surface area contributed by atoms with E-state index in [0.29, 0.717) is 11.6 Å². The molecule has 1 fully saturated rings. The van der Waals surface area contributed by atoms with Crippen LogP contribution in [0.3, 0.4) is 0 Å². The fourth-order valence-corrected chi connectivity index (χ4v) is 2.39. The molecular formula is C13H18N8O. The van der Waals surface area contributed by atoms with Gasteiger partial charge >= 0.3 is 0 Å². The maximum Gasteiger partial charge on any atom is 0.231 e. The van der Waals surface area contributed by atoms with Gasteiger partial charge in [0.2, 0.25) is 5.95 Å². The van der Waals surface area contributed by atoms with Gasteiger partial charge in [-0.05, 0) is 12.8 Å². The van der Waals surface area contributed by atoms with E-state index in [-0.39, 0.29) is 17.6 Å². The third-order valence-electron chi connectivity index (χ3n) is 3.57. The zero-order valence-electron chi connectivity index (χ0n) is 12.0. The molecule has 3 rings (SSSR count). The van der Waals surface area contributed by atoms with Crippen molar-refractivity contribution in [1.29, 1.82) is 5.41 Å². The van der Waals surface area contributed by atoms with E-state index >= 15 is 0 Å². The van der Waals surface area contributed by atoms with Gasteiger partial charge < -0.3 is 26.9 Å². The Kier molecular flexibility index (Phi) is 3.88. The van der Waals surface area contributed by atoms with Gasteiger partial charge in [0.25, 0.3) is 0 Å². The summed E-state index contributed by atoms with van der Waals surface area (Å²) in [5, 5.41) is 14.6. The summed E-state index contributed by atoms with van der Waals surface area (Å²) >= 11 is 0. The molecule has 0 saturated carbocycles. The molecule has 116 valence electrons. The first-order chi connectivity index (χ1) is 10.7. The summed E-state index contributed by atoms with van der Waals surface area (Å²) in [6.45, 7) is 1.52. The number of anilines is 4. The van der Waals surface area contributed by atoms with E-state index in [9.17, 15) is 0 Å². The van der Waals surface area contributed by atoms with Crippen LogP contribution < -0.4 is 16.8 Å². The molecule has 6 N–H and O–H groups in total. The first kappa shape index (κ1) is 14.3. The van der Waals surface area contributed by atoms with Crippen LogP contribution in [0.25, 0.3) is 0 Å². The van der Waals surface area contributed by atoms with Gasteiger partial charge in [-0.2, -0.15) is 15.1 Å². The number of nitrogens with two attached hydrogens (primary N) is 2. The lowest BCUT2D eigenvalue weighted by molar-refractivity contribution is 0.0662. The minimum absolute atomic E-state index is 0.168. The first-order valence-corrected chi connectivity index (χ1v) is 6.99. The first-order valence-electron chi connectivity index (χ1n) is 6.99. The molecule has 0 atom stereocenters. The topological polar surface area (TPSA) is 141 Å². The summed E-state index contributed by atoms with van der Waals surface area (Å²) in [7, 11) is 0. The zero-order chi connectivity index (χ0) is 15.5. The predicted octanol–water partition coefficient (Wildman–Crippen LogP) is 0.930. The molecule has 0 aliphatic carbocycles. The van der Waals surface area contributed by atoms with Crippen LogP contribution in [0.15, 0.2) is 12.4 Å². The van der Waals surface area contributed by atoms with Crippen molar-refractivity contribution in [3.05, 3.63) is 18.0 Å². The van der Waals surface area contributed by atoms with Crippen molar-refractivity contribution in [1.82, 2.24) is 19.7 Å². The second-order valence-corrected chi connectivity index (χ2v) is 5.05. The quantitative estimate of drug-likeness (QED) is 0.615. The molecule has 0 bridgehead atoms. The molecule has 1 saturated heterocycles. The average molecular weight is 302 g/mol. The number of nitrogens with one attached hydrogen (secondary N) is 2. The largest absolute Gasteiger partial charge is 0.383 e. The second-order valence-electron chi connectivity index (χ2n) is 5.05. The van der Waals surface area contributed by atoms with Gasteiger partial charge in [-0.1, -0.05) is 0 Å². The molecule has 2 aromatic rings. The molecule has 0 aromatic carbocycles. The fourth-order valence-electron chi connectivity index (χ4n) is 2.39. The molecule has 1 aliphatic heterocycles. The predicted molar refractivity (Wildman–Crippen MR) is 83.3 cm³/mol. The molecule has 9 nitrogen and oxygen atoms in total. The number of aromatic nitrogens is 4. The summed E-state index contributed by atoms with van der Waals surface area (Å²) in [6, 6.07) is 0.348. The van der Waals surface area contributed by atoms with Gasteiger partial charge in [-0.25, -0.2) is 0 Å². The lowest BCUT2D eigenvalue weighted by atomic mass is 10.1. The van der Waals surface area contributed by atoms with Crippen LogP contribution in [0.2, 0.25) is 0 Å². The van der Waals surface area contributed by atoms with E-state index < -0.39 is 0 Å². The number of nitrogens with zero attached hydrogens (tertiary/aromatic N) is 4. The van der Waals surface area contributed by atoms with Gasteiger partial charge in [-0.3, -0.25) is 4.68 Å². The number of nitrogen functional groups attached to an aromatic ring is 2. The Morgan fingerprint density at radius 1 is 1.27 bits per heavy atom. The highest BCUT2D eigenvalue weighted by Gasteiger charge is 2.17. The minimum Gasteiger partial charge on any atom is -0.383 e. The Morgan fingerprint density at radius 3 is 2.59 bits per heavy atom. The summed E-state index contributed by atoms with van der Waals surface area (Å²) in [5.41, 5.74) is 12.6. The molecule has 9 heteroatoms. The Balaban J connectivity index is 1.76. The van der Waals surface area contributed by atoms with Crippen LogP contribution >= 0.6 is 0 Å². The van der Waals surface area contributed by atoms with Crippen molar-refractivity contribution in [2.75, 3.05) is 30.0 Å². The van der Waals surface area contributed by atoms with Crippen molar-refractivity contribution in [3.63, 3.8) is 0 Å². The summed E-state index contributed by atoms with van der Waals surface area (Å²) < 4.78 is 7.27. The van der Waals surface area contributed by atoms with Crippen LogP contribution in [0.1, 0.15) is 24.4 Å². The van der Waals surface area contributed by atoms with E-state index in [1.54, 1.807) is 6.20 Å². The molecule has 0 radical (unpaired) electrons. The van der Waals surface area contributed by atoms with Gasteiger partial charge in [0.15, 0.2) is 0 Å². The normalized spacial score (nSPS) is 15.6. The fraction of sp³-hybridized carbons (Fsp3) is 0.385. The Hall–Kier alpha value is -2.68. The molecule has 2 aromatic heterocycles. The van der Waals surface area contributed by atoms with Gasteiger partial charge in [0, 0.05) is 25.6 Å². The van der Waals surface area contributed by atoms with Crippen LogP contribution in [0, 0.1) is 5.41 Å². The Morgan fingerprint density at radius 2 is 1.95 bits per heavy atom. The number of hydrogen-bond donors (Lipinski definition) is 4. The molecule has 0 unspecified atom stereocenters. The van der Waals surface area contributed by atoms with E-state index in [1.807, 2.05) is 10.9 Å². The highest BCUT2D eigenvalue weighted by atomic mass is 16.5. The zero-order valence-corrected chi connectivity index (χ0v) is 12.0. The van der Waals surface area contributed by atoms with E-state index in [0.717, 1.165) is 38.0 Å². The Labute approximate surface area is 127 Å². The molecular weight excluding hydrogens is 284 g/mol. The van der Waals surface area contributed by atoms with Gasteiger partial charge in [-0.15, -0.1) is 0 Å². The Bertz CT molecular complexity index is 653. The van der Waals surface area contributed by atoms with Crippen molar-refractivity contribution < 1.29 is 4.74 Å². The van der Waals surface area contributed by atoms with Crippen molar-refractivity contribution >= 4 is 29.5 Å². The third-order valence-corrected chi connectivity index (χ3v) is 3.57. The van der Waals surface area contributed by atoms with Gasteiger partial charge in [0.1, 0.15) is 11.6 Å². The highest BCUT2D eigenvalue weighted by Crippen LogP contribution is 2.23. The molecule has 1 aliphatic rings. The summed E-state index contributed by atoms with van der Waals surface area (Å²) in [6.07, 6.45) is 6.54. The molecule has 0 spiro atoms. The van der Waals surface area contributed by atoms with Crippen LogP contribution in [-0.4, -0.2) is 39.2 Å². The molecule has 22 heavy (non-hydrogen) atoms. The maximum atomic E-state index is 7.22. The lowest BCUT2D eigenvalue weighted by Crippen LogP contribution is -2.19. The molecule has 0 amide bonds. The number of hydrogen-bond acceptors (Lipinski definition) is 8. The van der Waals surface area contributed by atoms with Crippen molar-refractivity contribution in [2.45, 2.75) is 18.9 Å². The number of rotatable bonds is 4. The third kappa shape index (κ3) is 2.84. The minimum atomic E-state index is 0.168. The van der Waals surface area contributed by atoms with E-state index in [2.05, 4.69) is 20.4 Å². The highest BCUT2D eigenvalue weighted by molar-refractivity contribution is 5.89. The van der Waals surface area contributed by atoms with Crippen LogP contribution in [0.4, 0.5) is 23.3 Å². The van der Waals surface area contributed by atoms with Gasteiger partial charge in [0.05, 0.1) is 23.5 Å². The monoisotopic (exact) mass is 302 g/mol.